The van der Waals surface area contributed by atoms with Crippen LogP contribution in [-0.2, 0) is 6.42 Å². The molecule has 0 spiro atoms. The SMILES string of the molecule is NCCc1[nH]cnc1-c1cc(Br)ccc1F. The van der Waals surface area contributed by atoms with Crippen LogP contribution in [0.2, 0.25) is 0 Å². The van der Waals surface area contributed by atoms with E-state index < -0.39 is 0 Å². The van der Waals surface area contributed by atoms with Gasteiger partial charge in [0.1, 0.15) is 5.82 Å². The summed E-state index contributed by atoms with van der Waals surface area (Å²) in [6.07, 6.45) is 2.21. The Morgan fingerprint density at radius 3 is 3.00 bits per heavy atom. The number of aromatic amines is 1. The van der Waals surface area contributed by atoms with Crippen LogP contribution >= 0.6 is 15.9 Å². The van der Waals surface area contributed by atoms with Crippen molar-refractivity contribution in [3.63, 3.8) is 0 Å². The number of rotatable bonds is 3. The molecule has 1 heterocycles. The minimum Gasteiger partial charge on any atom is -0.348 e. The van der Waals surface area contributed by atoms with Crippen LogP contribution in [0.15, 0.2) is 29.0 Å². The van der Waals surface area contributed by atoms with Gasteiger partial charge in [0.2, 0.25) is 0 Å². The van der Waals surface area contributed by atoms with E-state index in [0.717, 1.165) is 10.2 Å². The zero-order valence-corrected chi connectivity index (χ0v) is 10.1. The van der Waals surface area contributed by atoms with Crippen LogP contribution in [-0.4, -0.2) is 16.5 Å². The smallest absolute Gasteiger partial charge is 0.132 e. The van der Waals surface area contributed by atoms with E-state index in [1.807, 2.05) is 0 Å². The van der Waals surface area contributed by atoms with Crippen LogP contribution in [0.1, 0.15) is 5.69 Å². The first kappa shape index (κ1) is 11.3. The summed E-state index contributed by atoms with van der Waals surface area (Å²) in [4.78, 5) is 7.11. The maximum absolute atomic E-state index is 13.6. The Balaban J connectivity index is 2.49. The Labute approximate surface area is 101 Å². The largest absolute Gasteiger partial charge is 0.348 e. The average molecular weight is 284 g/mol. The van der Waals surface area contributed by atoms with Gasteiger partial charge in [-0.15, -0.1) is 0 Å². The van der Waals surface area contributed by atoms with E-state index in [-0.39, 0.29) is 5.82 Å². The molecule has 0 atom stereocenters. The molecule has 3 N–H and O–H groups in total. The predicted octanol–water partition coefficient (Wildman–Crippen LogP) is 2.48. The third kappa shape index (κ3) is 2.15. The summed E-state index contributed by atoms with van der Waals surface area (Å²) >= 11 is 3.32. The predicted molar refractivity (Wildman–Crippen MR) is 64.4 cm³/mol. The molecular formula is C11H11BrFN3. The second-order valence-corrected chi connectivity index (χ2v) is 4.31. The van der Waals surface area contributed by atoms with Gasteiger partial charge in [-0.2, -0.15) is 0 Å². The number of nitrogens with zero attached hydrogens (tertiary/aromatic N) is 1. The molecule has 0 bridgehead atoms. The summed E-state index contributed by atoms with van der Waals surface area (Å²) in [5.41, 5.74) is 7.46. The average Bonchev–Trinajstić information content (AvgIpc) is 2.70. The molecule has 0 saturated heterocycles. The molecule has 3 nitrogen and oxygen atoms in total. The van der Waals surface area contributed by atoms with E-state index in [1.54, 1.807) is 18.5 Å². The van der Waals surface area contributed by atoms with E-state index in [9.17, 15) is 4.39 Å². The molecule has 84 valence electrons. The fourth-order valence-corrected chi connectivity index (χ4v) is 1.93. The maximum atomic E-state index is 13.6. The van der Waals surface area contributed by atoms with E-state index in [4.69, 9.17) is 5.73 Å². The fourth-order valence-electron chi connectivity index (χ4n) is 1.57. The number of hydrogen-bond acceptors (Lipinski definition) is 2. The number of nitrogens with one attached hydrogen (secondary N) is 1. The number of halogens is 2. The highest BCUT2D eigenvalue weighted by Gasteiger charge is 2.12. The molecule has 0 unspecified atom stereocenters. The Morgan fingerprint density at radius 2 is 2.25 bits per heavy atom. The number of aromatic nitrogens is 2. The first-order valence-corrected chi connectivity index (χ1v) is 5.69. The maximum Gasteiger partial charge on any atom is 0.132 e. The highest BCUT2D eigenvalue weighted by Crippen LogP contribution is 2.26. The summed E-state index contributed by atoms with van der Waals surface area (Å²) in [5.74, 6) is -0.284. The number of imidazole rings is 1. The molecule has 0 aliphatic carbocycles. The van der Waals surface area contributed by atoms with Crippen molar-refractivity contribution in [3.8, 4) is 11.3 Å². The fraction of sp³-hybridized carbons (Fsp3) is 0.182. The molecule has 2 aromatic rings. The van der Waals surface area contributed by atoms with Crippen LogP contribution in [0.4, 0.5) is 4.39 Å². The monoisotopic (exact) mass is 283 g/mol. The third-order valence-electron chi connectivity index (χ3n) is 2.30. The van der Waals surface area contributed by atoms with Crippen LogP contribution < -0.4 is 5.73 Å². The minimum atomic E-state index is -0.284. The number of hydrogen-bond donors (Lipinski definition) is 2. The Hall–Kier alpha value is -1.20. The first-order chi connectivity index (χ1) is 7.72. The minimum absolute atomic E-state index is 0.284. The highest BCUT2D eigenvalue weighted by atomic mass is 79.9. The van der Waals surface area contributed by atoms with Crippen molar-refractivity contribution in [1.82, 2.24) is 9.97 Å². The second-order valence-electron chi connectivity index (χ2n) is 3.39. The van der Waals surface area contributed by atoms with E-state index in [1.165, 1.54) is 6.07 Å². The Bertz CT molecular complexity index is 496. The zero-order valence-electron chi connectivity index (χ0n) is 8.50. The molecule has 0 aliphatic heterocycles. The molecule has 5 heteroatoms. The van der Waals surface area contributed by atoms with Gasteiger partial charge in [0.25, 0.3) is 0 Å². The van der Waals surface area contributed by atoms with Gasteiger partial charge in [-0.1, -0.05) is 15.9 Å². The molecule has 1 aromatic carbocycles. The van der Waals surface area contributed by atoms with Gasteiger partial charge >= 0.3 is 0 Å². The van der Waals surface area contributed by atoms with Gasteiger partial charge in [-0.3, -0.25) is 0 Å². The van der Waals surface area contributed by atoms with Gasteiger partial charge < -0.3 is 10.7 Å². The molecule has 1 aromatic heterocycles. The topological polar surface area (TPSA) is 54.7 Å². The summed E-state index contributed by atoms with van der Waals surface area (Å²) in [6, 6.07) is 4.79. The summed E-state index contributed by atoms with van der Waals surface area (Å²) < 4.78 is 14.5. The molecule has 0 radical (unpaired) electrons. The number of nitrogens with two attached hydrogens (primary N) is 1. The third-order valence-corrected chi connectivity index (χ3v) is 2.79. The van der Waals surface area contributed by atoms with Crippen LogP contribution in [0.25, 0.3) is 11.3 Å². The molecule has 2 rings (SSSR count). The first-order valence-electron chi connectivity index (χ1n) is 4.90. The Kier molecular flexibility index (Phi) is 3.36. The molecule has 0 saturated carbocycles. The van der Waals surface area contributed by atoms with E-state index >= 15 is 0 Å². The van der Waals surface area contributed by atoms with Crippen molar-refractivity contribution in [1.29, 1.82) is 0 Å². The van der Waals surface area contributed by atoms with E-state index in [0.29, 0.717) is 24.2 Å². The van der Waals surface area contributed by atoms with Gasteiger partial charge in [0.05, 0.1) is 12.0 Å². The normalized spacial score (nSPS) is 10.7. The summed E-state index contributed by atoms with van der Waals surface area (Å²) in [5, 5.41) is 0. The quantitative estimate of drug-likeness (QED) is 0.909. The van der Waals surface area contributed by atoms with Gasteiger partial charge in [-0.25, -0.2) is 9.37 Å². The summed E-state index contributed by atoms with van der Waals surface area (Å²) in [6.45, 7) is 0.505. The number of H-pyrrole nitrogens is 1. The molecule has 16 heavy (non-hydrogen) atoms. The van der Waals surface area contributed by atoms with Crippen molar-refractivity contribution >= 4 is 15.9 Å². The molecular weight excluding hydrogens is 273 g/mol. The summed E-state index contributed by atoms with van der Waals surface area (Å²) in [7, 11) is 0. The highest BCUT2D eigenvalue weighted by molar-refractivity contribution is 9.10. The van der Waals surface area contributed by atoms with Gasteiger partial charge in [0, 0.05) is 22.2 Å². The van der Waals surface area contributed by atoms with Crippen molar-refractivity contribution in [3.05, 3.63) is 40.5 Å². The standard InChI is InChI=1S/C11H11BrFN3/c12-7-1-2-9(13)8(5-7)11-10(3-4-14)15-6-16-11/h1-2,5-6H,3-4,14H2,(H,15,16). The molecule has 0 amide bonds. The van der Waals surface area contributed by atoms with Crippen molar-refractivity contribution in [2.75, 3.05) is 6.54 Å². The lowest BCUT2D eigenvalue weighted by molar-refractivity contribution is 0.630. The van der Waals surface area contributed by atoms with Gasteiger partial charge in [0.15, 0.2) is 0 Å². The second kappa shape index (κ2) is 4.76. The molecule has 0 aliphatic rings. The zero-order chi connectivity index (χ0) is 11.5. The van der Waals surface area contributed by atoms with Crippen LogP contribution in [0, 0.1) is 5.82 Å². The van der Waals surface area contributed by atoms with Crippen molar-refractivity contribution in [2.45, 2.75) is 6.42 Å². The lowest BCUT2D eigenvalue weighted by Crippen LogP contribution is -2.04. The van der Waals surface area contributed by atoms with Crippen LogP contribution in [0.3, 0.4) is 0 Å². The Morgan fingerprint density at radius 1 is 1.44 bits per heavy atom. The van der Waals surface area contributed by atoms with Crippen molar-refractivity contribution < 1.29 is 4.39 Å². The van der Waals surface area contributed by atoms with E-state index in [2.05, 4.69) is 25.9 Å². The van der Waals surface area contributed by atoms with Crippen LogP contribution in [0.5, 0.6) is 0 Å². The van der Waals surface area contributed by atoms with Gasteiger partial charge in [-0.05, 0) is 24.7 Å². The lowest BCUT2D eigenvalue weighted by Gasteiger charge is -2.03. The van der Waals surface area contributed by atoms with Crippen molar-refractivity contribution in [2.24, 2.45) is 5.73 Å². The number of benzene rings is 1. The molecule has 0 fully saturated rings. The lowest BCUT2D eigenvalue weighted by atomic mass is 10.1.